The maximum atomic E-state index is 13.4. The molecular formula is C20H19ClN2O7. The van der Waals surface area contributed by atoms with E-state index in [1.807, 2.05) is 0 Å². The molecule has 4 rings (SSSR count). The quantitative estimate of drug-likeness (QED) is 0.744. The van der Waals surface area contributed by atoms with Crippen LogP contribution in [0.15, 0.2) is 22.3 Å². The van der Waals surface area contributed by atoms with Crippen LogP contribution in [-0.2, 0) is 4.79 Å². The molecule has 9 nitrogen and oxygen atoms in total. The molecule has 2 aromatic rings. The molecule has 1 aromatic carbocycles. The maximum Gasteiger partial charge on any atom is 0.249 e. The number of aliphatic hydroxyl groups excluding tert-OH is 2. The summed E-state index contributed by atoms with van der Waals surface area (Å²) in [6.45, 7) is 5.10. The van der Waals surface area contributed by atoms with E-state index >= 15 is 0 Å². The summed E-state index contributed by atoms with van der Waals surface area (Å²) in [6.07, 6.45) is 0.0560. The van der Waals surface area contributed by atoms with Gasteiger partial charge in [0.1, 0.15) is 23.2 Å². The Balaban J connectivity index is 1.91. The summed E-state index contributed by atoms with van der Waals surface area (Å²) in [5, 5.41) is 27.9. The minimum Gasteiger partial charge on any atom is -0.507 e. The fourth-order valence-electron chi connectivity index (χ4n) is 3.76. The van der Waals surface area contributed by atoms with Gasteiger partial charge in [-0.1, -0.05) is 18.5 Å². The lowest BCUT2D eigenvalue weighted by atomic mass is 9.75. The Hall–Kier alpha value is -2.91. The number of nitrogens with zero attached hydrogens (tertiary/aromatic N) is 2. The molecule has 2 N–H and O–H groups in total. The molecule has 2 heterocycles. The molecule has 0 bridgehead atoms. The van der Waals surface area contributed by atoms with Gasteiger partial charge in [0.05, 0.1) is 17.2 Å². The third kappa shape index (κ3) is 2.80. The van der Waals surface area contributed by atoms with Gasteiger partial charge in [-0.25, -0.2) is 0 Å². The van der Waals surface area contributed by atoms with E-state index in [4.69, 9.17) is 25.5 Å². The Bertz CT molecular complexity index is 1090. The second kappa shape index (κ2) is 7.10. The molecule has 30 heavy (non-hydrogen) atoms. The van der Waals surface area contributed by atoms with Crippen molar-refractivity contribution in [2.45, 2.75) is 38.9 Å². The van der Waals surface area contributed by atoms with Gasteiger partial charge in [-0.15, -0.1) is 10.2 Å². The second-order valence-electron chi connectivity index (χ2n) is 7.26. The zero-order chi connectivity index (χ0) is 21.8. The van der Waals surface area contributed by atoms with E-state index in [2.05, 4.69) is 10.2 Å². The molecule has 0 amide bonds. The molecule has 1 aromatic heterocycles. The first-order valence-electron chi connectivity index (χ1n) is 9.39. The van der Waals surface area contributed by atoms with Crippen LogP contribution in [0, 0.1) is 5.92 Å². The average molecular weight is 435 g/mol. The second-order valence-corrected chi connectivity index (χ2v) is 7.64. The molecule has 3 atom stereocenters. The molecule has 0 saturated heterocycles. The topological polar surface area (TPSA) is 132 Å². The maximum absolute atomic E-state index is 13.4. The van der Waals surface area contributed by atoms with Gasteiger partial charge in [-0.2, -0.15) is 0 Å². The van der Waals surface area contributed by atoms with Crippen LogP contribution in [-0.4, -0.2) is 44.2 Å². The first kappa shape index (κ1) is 20.4. The molecule has 0 unspecified atom stereocenters. The van der Waals surface area contributed by atoms with Crippen molar-refractivity contribution >= 4 is 23.2 Å². The Morgan fingerprint density at radius 1 is 1.40 bits per heavy atom. The molecular weight excluding hydrogens is 416 g/mol. The summed E-state index contributed by atoms with van der Waals surface area (Å²) >= 11 is 6.55. The lowest BCUT2D eigenvalue weighted by Gasteiger charge is -2.34. The molecule has 2 aliphatic rings. The van der Waals surface area contributed by atoms with Crippen LogP contribution in [0.25, 0.3) is 11.5 Å². The number of carbonyl (C=O) groups is 2. The summed E-state index contributed by atoms with van der Waals surface area (Å²) in [5.41, 5.74) is -1.45. The molecule has 0 saturated carbocycles. The third-order valence-electron chi connectivity index (χ3n) is 5.22. The van der Waals surface area contributed by atoms with Crippen molar-refractivity contribution in [2.75, 3.05) is 6.61 Å². The average Bonchev–Trinajstić information content (AvgIpc) is 3.27. The lowest BCUT2D eigenvalue weighted by Crippen LogP contribution is -2.51. The summed E-state index contributed by atoms with van der Waals surface area (Å²) in [4.78, 5) is 25.3. The first-order chi connectivity index (χ1) is 14.2. The smallest absolute Gasteiger partial charge is 0.249 e. The van der Waals surface area contributed by atoms with Crippen LogP contribution in [0.4, 0.5) is 0 Å². The van der Waals surface area contributed by atoms with Crippen molar-refractivity contribution < 1.29 is 33.7 Å². The van der Waals surface area contributed by atoms with Gasteiger partial charge >= 0.3 is 0 Å². The van der Waals surface area contributed by atoms with E-state index in [1.54, 1.807) is 13.8 Å². The van der Waals surface area contributed by atoms with Gasteiger partial charge < -0.3 is 24.1 Å². The molecule has 1 aliphatic carbocycles. The van der Waals surface area contributed by atoms with Crippen LogP contribution in [0.5, 0.6) is 11.5 Å². The standard InChI is InChI=1S/C20H19ClN2O7/c1-4-28-12-7-11(19-23-22-18(29-19)9(3)24)15(21)16-14(12)17(27)20(30-16)8(2)5-10(25)6-13(20)26/h6-9,24,26H,4-5H2,1-3H3/t8-,9+,20+/m1/s1. The highest BCUT2D eigenvalue weighted by Crippen LogP contribution is 2.53. The van der Waals surface area contributed by atoms with Crippen LogP contribution in [0.1, 0.15) is 49.5 Å². The number of ether oxygens (including phenoxy) is 2. The minimum absolute atomic E-state index is 0.000521. The number of aliphatic hydroxyl groups is 2. The van der Waals surface area contributed by atoms with Gasteiger partial charge in [0.25, 0.3) is 0 Å². The number of rotatable bonds is 4. The molecule has 158 valence electrons. The van der Waals surface area contributed by atoms with E-state index in [0.29, 0.717) is 0 Å². The van der Waals surface area contributed by atoms with Crippen LogP contribution in [0.2, 0.25) is 5.02 Å². The number of benzene rings is 1. The minimum atomic E-state index is -1.76. The van der Waals surface area contributed by atoms with Crippen molar-refractivity contribution in [3.8, 4) is 23.0 Å². The van der Waals surface area contributed by atoms with Crippen molar-refractivity contribution in [1.82, 2.24) is 10.2 Å². The van der Waals surface area contributed by atoms with Gasteiger partial charge in [-0.05, 0) is 19.9 Å². The van der Waals surface area contributed by atoms with Gasteiger partial charge in [0.2, 0.25) is 23.2 Å². The number of hydrogen-bond donors (Lipinski definition) is 2. The number of fused-ring (bicyclic) bond motifs is 1. The van der Waals surface area contributed by atoms with E-state index in [9.17, 15) is 19.8 Å². The number of carbonyl (C=O) groups excluding carboxylic acids is 2. The normalized spacial score (nSPS) is 23.9. The highest BCUT2D eigenvalue weighted by molar-refractivity contribution is 6.36. The fraction of sp³-hybridized carbons (Fsp3) is 0.400. The highest BCUT2D eigenvalue weighted by atomic mass is 35.5. The Morgan fingerprint density at radius 3 is 2.73 bits per heavy atom. The summed E-state index contributed by atoms with van der Waals surface area (Å²) in [7, 11) is 0. The lowest BCUT2D eigenvalue weighted by molar-refractivity contribution is -0.118. The van der Waals surface area contributed by atoms with Crippen molar-refractivity contribution in [3.63, 3.8) is 0 Å². The molecule has 0 radical (unpaired) electrons. The van der Waals surface area contributed by atoms with Gasteiger partial charge in [0.15, 0.2) is 11.5 Å². The predicted molar refractivity (Wildman–Crippen MR) is 104 cm³/mol. The van der Waals surface area contributed by atoms with Crippen molar-refractivity contribution in [2.24, 2.45) is 5.92 Å². The summed E-state index contributed by atoms with van der Waals surface area (Å²) in [5.74, 6) is -1.78. The van der Waals surface area contributed by atoms with Crippen molar-refractivity contribution in [3.05, 3.63) is 34.4 Å². The van der Waals surface area contributed by atoms with E-state index in [0.717, 1.165) is 6.08 Å². The van der Waals surface area contributed by atoms with Gasteiger partial charge in [-0.3, -0.25) is 9.59 Å². The fourth-order valence-corrected chi connectivity index (χ4v) is 4.03. The number of Topliss-reactive ketones (excluding diaryl/α,β-unsaturated/α-hetero) is 1. The van der Waals surface area contributed by atoms with Crippen LogP contribution >= 0.6 is 11.6 Å². The van der Waals surface area contributed by atoms with Crippen LogP contribution in [0.3, 0.4) is 0 Å². The third-order valence-corrected chi connectivity index (χ3v) is 5.60. The Labute approximate surface area is 176 Å². The highest BCUT2D eigenvalue weighted by Gasteiger charge is 2.59. The Kier molecular flexibility index (Phi) is 4.82. The zero-order valence-electron chi connectivity index (χ0n) is 16.4. The number of halogens is 1. The zero-order valence-corrected chi connectivity index (χ0v) is 17.2. The molecule has 1 spiro atoms. The van der Waals surface area contributed by atoms with Crippen LogP contribution < -0.4 is 9.47 Å². The van der Waals surface area contributed by atoms with Crippen molar-refractivity contribution in [1.29, 1.82) is 0 Å². The molecule has 0 fully saturated rings. The van der Waals surface area contributed by atoms with E-state index in [-0.39, 0.29) is 58.2 Å². The molecule has 1 aliphatic heterocycles. The number of hydrogen-bond acceptors (Lipinski definition) is 9. The largest absolute Gasteiger partial charge is 0.507 e. The number of ketones is 2. The SMILES string of the molecule is CCOc1cc(-c2nnc([C@H](C)O)o2)c(Cl)c2c1C(=O)[C@@]1(O2)C(O)=CC(=O)C[C@H]1C. The first-order valence-corrected chi connectivity index (χ1v) is 9.77. The number of aromatic nitrogens is 2. The van der Waals surface area contributed by atoms with Gasteiger partial charge in [0, 0.05) is 18.4 Å². The predicted octanol–water partition coefficient (Wildman–Crippen LogP) is 3.21. The molecule has 10 heteroatoms. The van der Waals surface area contributed by atoms with E-state index in [1.165, 1.54) is 13.0 Å². The Morgan fingerprint density at radius 2 is 2.13 bits per heavy atom. The monoisotopic (exact) mass is 434 g/mol. The van der Waals surface area contributed by atoms with E-state index < -0.39 is 29.2 Å². The number of allylic oxidation sites excluding steroid dienone is 1. The summed E-state index contributed by atoms with van der Waals surface area (Å²) in [6, 6.07) is 1.48. The summed E-state index contributed by atoms with van der Waals surface area (Å²) < 4.78 is 17.1.